The summed E-state index contributed by atoms with van der Waals surface area (Å²) in [5.41, 5.74) is 2.15. The molecule has 0 amide bonds. The van der Waals surface area contributed by atoms with Crippen molar-refractivity contribution in [1.29, 1.82) is 0 Å². The first-order valence-electron chi connectivity index (χ1n) is 7.11. The SMILES string of the molecule is OC1(c2ccccc2C2CCC2)CCCCC1. The van der Waals surface area contributed by atoms with Crippen LogP contribution in [0.25, 0.3) is 0 Å². The van der Waals surface area contributed by atoms with Gasteiger partial charge in [-0.05, 0) is 42.7 Å². The van der Waals surface area contributed by atoms with Crippen molar-refractivity contribution in [2.45, 2.75) is 62.9 Å². The van der Waals surface area contributed by atoms with Gasteiger partial charge in [0.2, 0.25) is 0 Å². The van der Waals surface area contributed by atoms with E-state index in [2.05, 4.69) is 24.3 Å². The Morgan fingerprint density at radius 3 is 2.29 bits per heavy atom. The van der Waals surface area contributed by atoms with Crippen molar-refractivity contribution in [3.8, 4) is 0 Å². The Kier molecular flexibility index (Phi) is 2.96. The van der Waals surface area contributed by atoms with Crippen LogP contribution in [0, 0.1) is 0 Å². The van der Waals surface area contributed by atoms with E-state index in [0.29, 0.717) is 0 Å². The summed E-state index contributed by atoms with van der Waals surface area (Å²) in [6.45, 7) is 0. The molecule has 1 N–H and O–H groups in total. The molecule has 0 unspecified atom stereocenters. The van der Waals surface area contributed by atoms with E-state index >= 15 is 0 Å². The number of benzene rings is 1. The van der Waals surface area contributed by atoms with E-state index in [1.165, 1.54) is 49.7 Å². The first-order valence-corrected chi connectivity index (χ1v) is 7.11. The Labute approximate surface area is 104 Å². The second-order valence-electron chi connectivity index (χ2n) is 5.81. The van der Waals surface area contributed by atoms with E-state index in [1.807, 2.05) is 0 Å². The summed E-state index contributed by atoms with van der Waals surface area (Å²) in [5.74, 6) is 0.720. The molecule has 2 aliphatic carbocycles. The van der Waals surface area contributed by atoms with Crippen LogP contribution in [-0.2, 0) is 5.60 Å². The molecule has 0 atom stereocenters. The summed E-state index contributed by atoms with van der Waals surface area (Å²) in [6.07, 6.45) is 9.53. The molecule has 0 aromatic heterocycles. The van der Waals surface area contributed by atoms with Gasteiger partial charge in [-0.25, -0.2) is 0 Å². The van der Waals surface area contributed by atoms with Crippen molar-refractivity contribution in [2.24, 2.45) is 0 Å². The fraction of sp³-hybridized carbons (Fsp3) is 0.625. The summed E-state index contributed by atoms with van der Waals surface area (Å²) in [6, 6.07) is 8.62. The lowest BCUT2D eigenvalue weighted by Crippen LogP contribution is -2.30. The lowest BCUT2D eigenvalue weighted by atomic mass is 9.71. The molecule has 0 heterocycles. The first-order chi connectivity index (χ1) is 8.30. The number of rotatable bonds is 2. The van der Waals surface area contributed by atoms with Gasteiger partial charge in [0.25, 0.3) is 0 Å². The fourth-order valence-corrected chi connectivity index (χ4v) is 3.40. The maximum atomic E-state index is 10.9. The topological polar surface area (TPSA) is 20.2 Å². The average molecular weight is 230 g/mol. The summed E-state index contributed by atoms with van der Waals surface area (Å²) in [7, 11) is 0. The zero-order valence-corrected chi connectivity index (χ0v) is 10.5. The van der Waals surface area contributed by atoms with Crippen molar-refractivity contribution in [1.82, 2.24) is 0 Å². The van der Waals surface area contributed by atoms with E-state index in [4.69, 9.17) is 0 Å². The third-order valence-corrected chi connectivity index (χ3v) is 4.69. The van der Waals surface area contributed by atoms with Crippen molar-refractivity contribution < 1.29 is 5.11 Å². The van der Waals surface area contributed by atoms with Crippen LogP contribution in [0.3, 0.4) is 0 Å². The minimum atomic E-state index is -0.523. The van der Waals surface area contributed by atoms with Crippen LogP contribution in [0.2, 0.25) is 0 Å². The normalized spacial score (nSPS) is 24.3. The molecule has 2 saturated carbocycles. The first kappa shape index (κ1) is 11.3. The standard InChI is InChI=1S/C16H22O/c17-16(11-4-1-5-12-16)15-10-3-2-9-14(15)13-7-6-8-13/h2-3,9-10,13,17H,1,4-8,11-12H2. The van der Waals surface area contributed by atoms with Crippen molar-refractivity contribution in [2.75, 3.05) is 0 Å². The van der Waals surface area contributed by atoms with Gasteiger partial charge in [-0.15, -0.1) is 0 Å². The molecule has 1 aromatic carbocycles. The van der Waals surface area contributed by atoms with E-state index in [-0.39, 0.29) is 0 Å². The molecule has 0 aliphatic heterocycles. The van der Waals surface area contributed by atoms with Crippen molar-refractivity contribution in [3.05, 3.63) is 35.4 Å². The van der Waals surface area contributed by atoms with Crippen LogP contribution >= 0.6 is 0 Å². The van der Waals surface area contributed by atoms with Gasteiger partial charge in [-0.3, -0.25) is 0 Å². The molecule has 1 nitrogen and oxygen atoms in total. The van der Waals surface area contributed by atoms with Gasteiger partial charge in [-0.1, -0.05) is 49.9 Å². The van der Waals surface area contributed by atoms with E-state index in [9.17, 15) is 5.11 Å². The molecule has 1 heteroatoms. The Balaban J connectivity index is 1.95. The minimum Gasteiger partial charge on any atom is -0.385 e. The minimum absolute atomic E-state index is 0.523. The van der Waals surface area contributed by atoms with Gasteiger partial charge < -0.3 is 5.11 Å². The number of hydrogen-bond acceptors (Lipinski definition) is 1. The van der Waals surface area contributed by atoms with Crippen LogP contribution < -0.4 is 0 Å². The third-order valence-electron chi connectivity index (χ3n) is 4.69. The smallest absolute Gasteiger partial charge is 0.0899 e. The van der Waals surface area contributed by atoms with E-state index in [0.717, 1.165) is 18.8 Å². The molecule has 0 bridgehead atoms. The average Bonchev–Trinajstić information content (AvgIpc) is 2.28. The maximum absolute atomic E-state index is 10.9. The van der Waals surface area contributed by atoms with E-state index < -0.39 is 5.60 Å². The molecule has 1 aromatic rings. The van der Waals surface area contributed by atoms with Gasteiger partial charge in [0.05, 0.1) is 5.60 Å². The highest BCUT2D eigenvalue weighted by atomic mass is 16.3. The van der Waals surface area contributed by atoms with Crippen LogP contribution in [0.5, 0.6) is 0 Å². The van der Waals surface area contributed by atoms with Crippen LogP contribution in [0.4, 0.5) is 0 Å². The Morgan fingerprint density at radius 2 is 1.65 bits per heavy atom. The van der Waals surface area contributed by atoms with Gasteiger partial charge in [0, 0.05) is 0 Å². The molecule has 2 fully saturated rings. The summed E-state index contributed by atoms with van der Waals surface area (Å²) >= 11 is 0. The predicted octanol–water partition coefficient (Wildman–Crippen LogP) is 4.11. The van der Waals surface area contributed by atoms with Crippen LogP contribution in [0.1, 0.15) is 68.4 Å². The number of aliphatic hydroxyl groups is 1. The zero-order chi connectivity index (χ0) is 11.7. The summed E-state index contributed by atoms with van der Waals surface area (Å²) in [4.78, 5) is 0. The quantitative estimate of drug-likeness (QED) is 0.810. The highest BCUT2D eigenvalue weighted by Crippen LogP contribution is 2.44. The molecule has 0 radical (unpaired) electrons. The fourth-order valence-electron chi connectivity index (χ4n) is 3.40. The Bertz CT molecular complexity index is 386. The molecule has 2 aliphatic rings. The highest BCUT2D eigenvalue weighted by Gasteiger charge is 2.35. The molecular formula is C16H22O. The maximum Gasteiger partial charge on any atom is 0.0899 e. The molecule has 17 heavy (non-hydrogen) atoms. The second-order valence-corrected chi connectivity index (χ2v) is 5.81. The summed E-state index contributed by atoms with van der Waals surface area (Å²) in [5, 5.41) is 10.9. The summed E-state index contributed by atoms with van der Waals surface area (Å²) < 4.78 is 0. The molecule has 92 valence electrons. The Hall–Kier alpha value is -0.820. The lowest BCUT2D eigenvalue weighted by Gasteiger charge is -2.37. The largest absolute Gasteiger partial charge is 0.385 e. The molecule has 3 rings (SSSR count). The lowest BCUT2D eigenvalue weighted by molar-refractivity contribution is -0.00204. The van der Waals surface area contributed by atoms with Gasteiger partial charge in [0.15, 0.2) is 0 Å². The molecular weight excluding hydrogens is 208 g/mol. The van der Waals surface area contributed by atoms with Crippen LogP contribution in [0.15, 0.2) is 24.3 Å². The monoisotopic (exact) mass is 230 g/mol. The van der Waals surface area contributed by atoms with Gasteiger partial charge >= 0.3 is 0 Å². The van der Waals surface area contributed by atoms with Crippen molar-refractivity contribution in [3.63, 3.8) is 0 Å². The van der Waals surface area contributed by atoms with Gasteiger partial charge in [0.1, 0.15) is 0 Å². The molecule has 0 saturated heterocycles. The third kappa shape index (κ3) is 2.01. The van der Waals surface area contributed by atoms with Gasteiger partial charge in [-0.2, -0.15) is 0 Å². The Morgan fingerprint density at radius 1 is 0.941 bits per heavy atom. The number of hydrogen-bond donors (Lipinski definition) is 1. The van der Waals surface area contributed by atoms with Crippen molar-refractivity contribution >= 4 is 0 Å². The zero-order valence-electron chi connectivity index (χ0n) is 10.5. The van der Waals surface area contributed by atoms with E-state index in [1.54, 1.807) is 0 Å². The second kappa shape index (κ2) is 4.45. The van der Waals surface area contributed by atoms with Crippen LogP contribution in [-0.4, -0.2) is 5.11 Å². The highest BCUT2D eigenvalue weighted by molar-refractivity contribution is 5.36. The molecule has 0 spiro atoms. The predicted molar refractivity (Wildman–Crippen MR) is 70.0 cm³/mol.